The third kappa shape index (κ3) is 4.81. The number of carbonyl (C=O) groups is 1. The Morgan fingerprint density at radius 2 is 1.69 bits per heavy atom. The molecule has 0 N–H and O–H groups in total. The number of amides is 1. The highest BCUT2D eigenvalue weighted by atomic mass is 32.2. The predicted octanol–water partition coefficient (Wildman–Crippen LogP) is 3.83. The maximum Gasteiger partial charge on any atom is 0.403 e. The minimum absolute atomic E-state index is 0.0839. The van der Waals surface area contributed by atoms with Crippen LogP contribution in [0, 0.1) is 5.82 Å². The Kier molecular flexibility index (Phi) is 5.70. The van der Waals surface area contributed by atoms with Gasteiger partial charge in [-0.05, 0) is 49.4 Å². The molecule has 0 saturated heterocycles. The van der Waals surface area contributed by atoms with Gasteiger partial charge in [0.05, 0.1) is 4.90 Å². The van der Waals surface area contributed by atoms with E-state index in [1.807, 2.05) is 0 Å². The number of sulfone groups is 1. The van der Waals surface area contributed by atoms with Crippen LogP contribution in [0.3, 0.4) is 0 Å². The van der Waals surface area contributed by atoms with E-state index in [1.54, 1.807) is 6.92 Å². The van der Waals surface area contributed by atoms with Gasteiger partial charge in [-0.3, -0.25) is 4.79 Å². The van der Waals surface area contributed by atoms with Crippen LogP contribution in [0.1, 0.15) is 17.3 Å². The molecule has 0 unspecified atom stereocenters. The van der Waals surface area contributed by atoms with Gasteiger partial charge in [-0.15, -0.1) is 0 Å². The zero-order valence-electron chi connectivity index (χ0n) is 13.6. The third-order valence-electron chi connectivity index (χ3n) is 3.49. The zero-order valence-corrected chi connectivity index (χ0v) is 14.4. The van der Waals surface area contributed by atoms with Crippen LogP contribution in [0.15, 0.2) is 53.4 Å². The van der Waals surface area contributed by atoms with E-state index in [2.05, 4.69) is 0 Å². The van der Waals surface area contributed by atoms with Gasteiger partial charge in [0.25, 0.3) is 5.91 Å². The Morgan fingerprint density at radius 1 is 1.08 bits per heavy atom. The van der Waals surface area contributed by atoms with Crippen molar-refractivity contribution in [1.29, 1.82) is 0 Å². The number of carbonyl (C=O) groups excluding carboxylic acids is 1. The van der Waals surface area contributed by atoms with E-state index >= 15 is 0 Å². The third-order valence-corrected chi connectivity index (χ3v) is 5.17. The molecule has 1 amide bonds. The lowest BCUT2D eigenvalue weighted by Crippen LogP contribution is -2.31. The first-order valence-electron chi connectivity index (χ1n) is 7.50. The molecule has 140 valence electrons. The summed E-state index contributed by atoms with van der Waals surface area (Å²) in [6, 6.07) is 9.50. The van der Waals surface area contributed by atoms with E-state index in [-0.39, 0.29) is 12.1 Å². The van der Waals surface area contributed by atoms with Crippen LogP contribution < -0.4 is 4.90 Å². The van der Waals surface area contributed by atoms with Crippen LogP contribution >= 0.6 is 0 Å². The molecule has 0 heterocycles. The summed E-state index contributed by atoms with van der Waals surface area (Å²) in [6.07, 6.45) is -4.89. The van der Waals surface area contributed by atoms with Gasteiger partial charge in [-0.2, -0.15) is 13.2 Å². The summed E-state index contributed by atoms with van der Waals surface area (Å²) < 4.78 is 74.1. The lowest BCUT2D eigenvalue weighted by molar-refractivity contribution is -0.106. The molecule has 4 nitrogen and oxygen atoms in total. The molecule has 0 radical (unpaired) electrons. The first kappa shape index (κ1) is 19.9. The predicted molar refractivity (Wildman–Crippen MR) is 88.3 cm³/mol. The highest BCUT2D eigenvalue weighted by molar-refractivity contribution is 7.91. The van der Waals surface area contributed by atoms with E-state index in [4.69, 9.17) is 0 Å². The van der Waals surface area contributed by atoms with E-state index in [0.717, 1.165) is 24.3 Å². The zero-order chi connectivity index (χ0) is 19.5. The molecular weight excluding hydrogens is 374 g/mol. The fraction of sp³-hybridized carbons (Fsp3) is 0.235. The van der Waals surface area contributed by atoms with Gasteiger partial charge >= 0.3 is 6.18 Å². The second-order valence-corrected chi connectivity index (χ2v) is 7.42. The van der Waals surface area contributed by atoms with Crippen molar-refractivity contribution in [3.05, 3.63) is 59.9 Å². The highest BCUT2D eigenvalue weighted by Gasteiger charge is 2.36. The van der Waals surface area contributed by atoms with Gasteiger partial charge < -0.3 is 4.90 Å². The van der Waals surface area contributed by atoms with Gasteiger partial charge in [0, 0.05) is 17.8 Å². The Hall–Kier alpha value is -2.42. The molecule has 0 fully saturated rings. The van der Waals surface area contributed by atoms with Crippen molar-refractivity contribution in [2.75, 3.05) is 17.2 Å². The maximum atomic E-state index is 13.0. The van der Waals surface area contributed by atoms with Crippen molar-refractivity contribution >= 4 is 21.4 Å². The second-order valence-electron chi connectivity index (χ2n) is 5.43. The monoisotopic (exact) mass is 389 g/mol. The van der Waals surface area contributed by atoms with Crippen molar-refractivity contribution < 1.29 is 30.8 Å². The molecule has 0 aliphatic carbocycles. The Morgan fingerprint density at radius 3 is 2.23 bits per heavy atom. The number of hydrogen-bond acceptors (Lipinski definition) is 3. The van der Waals surface area contributed by atoms with E-state index in [1.165, 1.54) is 29.2 Å². The lowest BCUT2D eigenvalue weighted by Gasteiger charge is -2.21. The molecule has 26 heavy (non-hydrogen) atoms. The molecule has 9 heteroatoms. The van der Waals surface area contributed by atoms with Crippen LogP contribution in [-0.4, -0.2) is 32.8 Å². The van der Waals surface area contributed by atoms with Crippen LogP contribution in [0.5, 0.6) is 0 Å². The number of rotatable bonds is 5. The molecule has 0 aliphatic heterocycles. The summed E-state index contributed by atoms with van der Waals surface area (Å²) in [5.41, 5.74) is 0.293. The van der Waals surface area contributed by atoms with Gasteiger partial charge in [0.1, 0.15) is 5.82 Å². The molecule has 0 atom stereocenters. The van der Waals surface area contributed by atoms with Gasteiger partial charge in [-0.1, -0.05) is 6.07 Å². The number of nitrogens with zero attached hydrogens (tertiary/aromatic N) is 1. The molecule has 0 bridgehead atoms. The number of alkyl halides is 3. The molecule has 0 spiro atoms. The fourth-order valence-electron chi connectivity index (χ4n) is 2.34. The van der Waals surface area contributed by atoms with Crippen molar-refractivity contribution in [1.82, 2.24) is 0 Å². The Balaban J connectivity index is 2.36. The van der Waals surface area contributed by atoms with E-state index < -0.39 is 38.4 Å². The number of anilines is 1. The average molecular weight is 389 g/mol. The van der Waals surface area contributed by atoms with Crippen LogP contribution in [0.4, 0.5) is 23.2 Å². The highest BCUT2D eigenvalue weighted by Crippen LogP contribution is 2.24. The molecule has 0 aromatic heterocycles. The topological polar surface area (TPSA) is 54.5 Å². The lowest BCUT2D eigenvalue weighted by atomic mass is 10.2. The van der Waals surface area contributed by atoms with Crippen LogP contribution in [0.25, 0.3) is 0 Å². The first-order chi connectivity index (χ1) is 12.0. The molecule has 2 aromatic rings. The van der Waals surface area contributed by atoms with Crippen molar-refractivity contribution in [2.24, 2.45) is 0 Å². The minimum Gasteiger partial charge on any atom is -0.309 e. The summed E-state index contributed by atoms with van der Waals surface area (Å²) >= 11 is 0. The molecule has 0 saturated carbocycles. The second kappa shape index (κ2) is 7.45. The standard InChI is InChI=1S/C17H15F4NO3S/c1-2-22(14-8-6-13(18)7-9-14)16(23)12-4-3-5-15(10-12)26(24,25)11-17(19,20)21/h3-10H,2,11H2,1H3. The minimum atomic E-state index is -4.89. The Labute approximate surface area is 148 Å². The summed E-state index contributed by atoms with van der Waals surface area (Å²) in [4.78, 5) is 13.3. The van der Waals surface area contributed by atoms with E-state index in [9.17, 15) is 30.8 Å². The van der Waals surface area contributed by atoms with Gasteiger partial charge in [0.2, 0.25) is 0 Å². The van der Waals surface area contributed by atoms with Gasteiger partial charge in [0.15, 0.2) is 15.6 Å². The largest absolute Gasteiger partial charge is 0.403 e. The van der Waals surface area contributed by atoms with Crippen molar-refractivity contribution in [3.8, 4) is 0 Å². The molecule has 0 aliphatic rings. The normalized spacial score (nSPS) is 12.0. The number of hydrogen-bond donors (Lipinski definition) is 0. The summed E-state index contributed by atoms with van der Waals surface area (Å²) in [5.74, 6) is -3.10. The molecule has 2 aromatic carbocycles. The number of halogens is 4. The van der Waals surface area contributed by atoms with E-state index in [0.29, 0.717) is 5.69 Å². The number of benzene rings is 2. The van der Waals surface area contributed by atoms with Crippen molar-refractivity contribution in [3.63, 3.8) is 0 Å². The summed E-state index contributed by atoms with van der Waals surface area (Å²) in [5, 5.41) is 0. The summed E-state index contributed by atoms with van der Waals surface area (Å²) in [6.45, 7) is 1.86. The van der Waals surface area contributed by atoms with Crippen LogP contribution in [0.2, 0.25) is 0 Å². The quantitative estimate of drug-likeness (QED) is 0.731. The van der Waals surface area contributed by atoms with Gasteiger partial charge in [-0.25, -0.2) is 12.8 Å². The molecular formula is C17H15F4NO3S. The maximum absolute atomic E-state index is 13.0. The van der Waals surface area contributed by atoms with Crippen molar-refractivity contribution in [2.45, 2.75) is 18.0 Å². The van der Waals surface area contributed by atoms with Crippen LogP contribution in [-0.2, 0) is 9.84 Å². The average Bonchev–Trinajstić information content (AvgIpc) is 2.55. The summed E-state index contributed by atoms with van der Waals surface area (Å²) in [7, 11) is -4.62. The SMILES string of the molecule is CCN(C(=O)c1cccc(S(=O)(=O)CC(F)(F)F)c1)c1ccc(F)cc1. The smallest absolute Gasteiger partial charge is 0.309 e. The fourth-order valence-corrected chi connectivity index (χ4v) is 3.53. The molecule has 2 rings (SSSR count). The first-order valence-corrected chi connectivity index (χ1v) is 9.16. The Bertz CT molecular complexity index is 893.